The molecule has 1 saturated carbocycles. The Kier molecular flexibility index (Phi) is 4.16. The highest BCUT2D eigenvalue weighted by Crippen LogP contribution is 2.47. The first-order valence-corrected chi connectivity index (χ1v) is 8.01. The molecule has 0 aliphatic heterocycles. The normalized spacial score (nSPS) is 21.0. The fourth-order valence-electron chi connectivity index (χ4n) is 2.76. The second-order valence-electron chi connectivity index (χ2n) is 6.62. The van der Waals surface area contributed by atoms with Crippen molar-refractivity contribution in [3.8, 4) is 0 Å². The monoisotopic (exact) mass is 283 g/mol. The molecular formula is C19H25NO. The molecular weight excluding hydrogens is 258 g/mol. The molecule has 1 heterocycles. The van der Waals surface area contributed by atoms with E-state index >= 15 is 0 Å². The summed E-state index contributed by atoms with van der Waals surface area (Å²) in [4.78, 5) is 0. The Morgan fingerprint density at radius 3 is 2.43 bits per heavy atom. The molecule has 2 aromatic rings. The molecule has 1 aliphatic rings. The zero-order valence-corrected chi connectivity index (χ0v) is 13.2. The maximum absolute atomic E-state index is 5.90. The van der Waals surface area contributed by atoms with Crippen LogP contribution in [0.1, 0.15) is 61.7 Å². The van der Waals surface area contributed by atoms with Crippen LogP contribution in [-0.4, -0.2) is 0 Å². The fraction of sp³-hybridized carbons (Fsp3) is 0.474. The van der Waals surface area contributed by atoms with Gasteiger partial charge in [-0.3, -0.25) is 0 Å². The van der Waals surface area contributed by atoms with Crippen LogP contribution in [0.15, 0.2) is 40.8 Å². The lowest BCUT2D eigenvalue weighted by Crippen LogP contribution is -2.12. The summed E-state index contributed by atoms with van der Waals surface area (Å²) in [5.41, 5.74) is 2.72. The molecule has 1 aromatic carbocycles. The second-order valence-corrected chi connectivity index (χ2v) is 6.62. The van der Waals surface area contributed by atoms with Gasteiger partial charge in [-0.2, -0.15) is 0 Å². The van der Waals surface area contributed by atoms with Crippen LogP contribution in [0.4, 0.5) is 0 Å². The van der Waals surface area contributed by atoms with Crippen molar-refractivity contribution >= 4 is 0 Å². The lowest BCUT2D eigenvalue weighted by molar-refractivity contribution is 0.444. The number of furan rings is 1. The van der Waals surface area contributed by atoms with Gasteiger partial charge < -0.3 is 9.73 Å². The molecule has 1 fully saturated rings. The Balaban J connectivity index is 1.48. The maximum atomic E-state index is 5.90. The number of rotatable bonds is 6. The van der Waals surface area contributed by atoms with Crippen molar-refractivity contribution in [3.05, 3.63) is 59.0 Å². The van der Waals surface area contributed by atoms with E-state index in [-0.39, 0.29) is 0 Å². The van der Waals surface area contributed by atoms with Gasteiger partial charge in [0.1, 0.15) is 11.5 Å². The minimum atomic E-state index is 0.596. The van der Waals surface area contributed by atoms with Crippen LogP contribution in [0.2, 0.25) is 0 Å². The summed E-state index contributed by atoms with van der Waals surface area (Å²) >= 11 is 0. The molecule has 2 nitrogen and oxygen atoms in total. The van der Waals surface area contributed by atoms with Gasteiger partial charge in [-0.1, -0.05) is 45.0 Å². The molecule has 1 aromatic heterocycles. The van der Waals surface area contributed by atoms with Crippen molar-refractivity contribution in [2.24, 2.45) is 5.92 Å². The number of benzene rings is 1. The summed E-state index contributed by atoms with van der Waals surface area (Å²) in [6.07, 6.45) is 1.28. The molecule has 0 amide bonds. The third kappa shape index (κ3) is 3.56. The first kappa shape index (κ1) is 14.4. The van der Waals surface area contributed by atoms with E-state index in [1.54, 1.807) is 0 Å². The van der Waals surface area contributed by atoms with Gasteiger partial charge in [-0.05, 0) is 41.5 Å². The van der Waals surface area contributed by atoms with E-state index in [1.165, 1.54) is 23.3 Å². The fourth-order valence-corrected chi connectivity index (χ4v) is 2.76. The quantitative estimate of drug-likeness (QED) is 0.822. The predicted molar refractivity (Wildman–Crippen MR) is 86.3 cm³/mol. The molecule has 1 aliphatic carbocycles. The van der Waals surface area contributed by atoms with Gasteiger partial charge >= 0.3 is 0 Å². The molecule has 21 heavy (non-hydrogen) atoms. The van der Waals surface area contributed by atoms with E-state index in [4.69, 9.17) is 4.42 Å². The van der Waals surface area contributed by atoms with E-state index in [9.17, 15) is 0 Å². The third-order valence-electron chi connectivity index (χ3n) is 4.43. The summed E-state index contributed by atoms with van der Waals surface area (Å²) in [5, 5.41) is 3.46. The molecule has 0 unspecified atom stereocenters. The predicted octanol–water partition coefficient (Wildman–Crippen LogP) is 4.82. The third-order valence-corrected chi connectivity index (χ3v) is 4.43. The van der Waals surface area contributed by atoms with Crippen molar-refractivity contribution in [1.82, 2.24) is 5.32 Å². The summed E-state index contributed by atoms with van der Waals surface area (Å²) in [6.45, 7) is 8.41. The summed E-state index contributed by atoms with van der Waals surface area (Å²) in [6, 6.07) is 13.1. The van der Waals surface area contributed by atoms with Crippen LogP contribution < -0.4 is 5.32 Å². The first-order chi connectivity index (χ1) is 10.1. The Morgan fingerprint density at radius 2 is 1.81 bits per heavy atom. The molecule has 2 atom stereocenters. The zero-order valence-electron chi connectivity index (χ0n) is 13.2. The van der Waals surface area contributed by atoms with Crippen molar-refractivity contribution < 1.29 is 4.42 Å². The average Bonchev–Trinajstić information content (AvgIpc) is 3.01. The van der Waals surface area contributed by atoms with Gasteiger partial charge in [0.25, 0.3) is 0 Å². The van der Waals surface area contributed by atoms with Crippen LogP contribution in [0.5, 0.6) is 0 Å². The van der Waals surface area contributed by atoms with Crippen LogP contribution in [-0.2, 0) is 13.1 Å². The van der Waals surface area contributed by atoms with E-state index < -0.39 is 0 Å². The highest BCUT2D eigenvalue weighted by Gasteiger charge is 2.36. The standard InChI is InChI=1S/C19H25NO/c1-13(2)16-6-4-15(5-7-16)11-20-12-17-8-9-19(21-17)18-10-14(18)3/h4-9,13-14,18,20H,10-12H2,1-3H3/t14-,18+/m0/s1. The highest BCUT2D eigenvalue weighted by molar-refractivity contribution is 5.24. The number of hydrogen-bond acceptors (Lipinski definition) is 2. The average molecular weight is 283 g/mol. The summed E-state index contributed by atoms with van der Waals surface area (Å²) in [5.74, 6) is 4.28. The van der Waals surface area contributed by atoms with Gasteiger partial charge in [0, 0.05) is 12.5 Å². The van der Waals surface area contributed by atoms with Crippen LogP contribution in [0, 0.1) is 5.92 Å². The summed E-state index contributed by atoms with van der Waals surface area (Å²) in [7, 11) is 0. The molecule has 1 N–H and O–H groups in total. The van der Waals surface area contributed by atoms with Gasteiger partial charge in [0.05, 0.1) is 6.54 Å². The smallest absolute Gasteiger partial charge is 0.117 e. The first-order valence-electron chi connectivity index (χ1n) is 8.01. The Hall–Kier alpha value is -1.54. The molecule has 3 rings (SSSR count). The Labute approximate surface area is 127 Å². The Morgan fingerprint density at radius 1 is 1.10 bits per heavy atom. The molecule has 0 saturated heterocycles. The molecule has 0 bridgehead atoms. The van der Waals surface area contributed by atoms with E-state index in [0.29, 0.717) is 11.8 Å². The molecule has 0 spiro atoms. The van der Waals surface area contributed by atoms with Crippen LogP contribution >= 0.6 is 0 Å². The number of nitrogens with one attached hydrogen (secondary N) is 1. The Bertz CT molecular complexity index is 582. The lowest BCUT2D eigenvalue weighted by Gasteiger charge is -2.07. The zero-order chi connectivity index (χ0) is 14.8. The van der Waals surface area contributed by atoms with Crippen LogP contribution in [0.3, 0.4) is 0 Å². The largest absolute Gasteiger partial charge is 0.464 e. The lowest BCUT2D eigenvalue weighted by atomic mass is 10.0. The second kappa shape index (κ2) is 6.07. The van der Waals surface area contributed by atoms with Gasteiger partial charge in [-0.15, -0.1) is 0 Å². The van der Waals surface area contributed by atoms with Crippen LogP contribution in [0.25, 0.3) is 0 Å². The van der Waals surface area contributed by atoms with E-state index in [0.717, 1.165) is 24.8 Å². The number of hydrogen-bond donors (Lipinski definition) is 1. The van der Waals surface area contributed by atoms with Crippen molar-refractivity contribution in [3.63, 3.8) is 0 Å². The van der Waals surface area contributed by atoms with Gasteiger partial charge in [0.2, 0.25) is 0 Å². The molecule has 0 radical (unpaired) electrons. The van der Waals surface area contributed by atoms with E-state index in [1.807, 2.05) is 0 Å². The maximum Gasteiger partial charge on any atom is 0.117 e. The minimum absolute atomic E-state index is 0.596. The summed E-state index contributed by atoms with van der Waals surface area (Å²) < 4.78 is 5.90. The SMILES string of the molecule is CC(C)c1ccc(CNCc2ccc([C@@H]3C[C@@H]3C)o2)cc1. The highest BCUT2D eigenvalue weighted by atomic mass is 16.3. The van der Waals surface area contributed by atoms with Crippen molar-refractivity contribution in [2.75, 3.05) is 0 Å². The molecule has 2 heteroatoms. The van der Waals surface area contributed by atoms with Gasteiger partial charge in [-0.25, -0.2) is 0 Å². The minimum Gasteiger partial charge on any atom is -0.464 e. The van der Waals surface area contributed by atoms with Gasteiger partial charge in [0.15, 0.2) is 0 Å². The van der Waals surface area contributed by atoms with Crippen molar-refractivity contribution in [2.45, 2.75) is 52.1 Å². The van der Waals surface area contributed by atoms with Crippen molar-refractivity contribution in [1.29, 1.82) is 0 Å². The van der Waals surface area contributed by atoms with E-state index in [2.05, 4.69) is 62.5 Å². The topological polar surface area (TPSA) is 25.2 Å². The molecule has 112 valence electrons.